The van der Waals surface area contributed by atoms with E-state index in [-0.39, 0.29) is 12.0 Å². The molecule has 0 radical (unpaired) electrons. The maximum absolute atomic E-state index is 12.4. The second kappa shape index (κ2) is 9.69. The number of pyridine rings is 1. The van der Waals surface area contributed by atoms with E-state index in [9.17, 15) is 4.79 Å². The molecule has 5 rings (SSSR count). The number of fused-ring (bicyclic) bond motifs is 1. The van der Waals surface area contributed by atoms with Crippen molar-refractivity contribution in [1.29, 1.82) is 0 Å². The van der Waals surface area contributed by atoms with E-state index in [1.165, 1.54) is 0 Å². The smallest absolute Gasteiger partial charge is 0.410 e. The standard InChI is InChI=1S/C24H31N9O3/c1-24(2,3)36-23(34)33-8-6-31(7-9-33)18-14-16(4-5-26-18)17-15-27-20-19(28-17)21(30-22(25)29-20)32-10-12-35-13-11-32/h4-5,14-15H,6-13H2,1-3H3,(H2,25,27,29,30). The van der Waals surface area contributed by atoms with E-state index < -0.39 is 5.60 Å². The zero-order chi connectivity index (χ0) is 25.3. The number of hydrogen-bond donors (Lipinski definition) is 1. The van der Waals surface area contributed by atoms with Crippen molar-refractivity contribution in [3.63, 3.8) is 0 Å². The van der Waals surface area contributed by atoms with E-state index >= 15 is 0 Å². The van der Waals surface area contributed by atoms with Crippen LogP contribution in [0.15, 0.2) is 24.5 Å². The van der Waals surface area contributed by atoms with Crippen LogP contribution in [0.2, 0.25) is 0 Å². The molecule has 3 aromatic heterocycles. The van der Waals surface area contributed by atoms with E-state index in [0.29, 0.717) is 75.2 Å². The summed E-state index contributed by atoms with van der Waals surface area (Å²) in [7, 11) is 0. The van der Waals surface area contributed by atoms with Crippen molar-refractivity contribution in [3.05, 3.63) is 24.5 Å². The van der Waals surface area contributed by atoms with Crippen LogP contribution in [0.25, 0.3) is 22.4 Å². The van der Waals surface area contributed by atoms with Crippen LogP contribution in [0.1, 0.15) is 20.8 Å². The Labute approximate surface area is 209 Å². The average Bonchev–Trinajstić information content (AvgIpc) is 2.87. The Morgan fingerprint density at radius 2 is 1.75 bits per heavy atom. The van der Waals surface area contributed by atoms with Gasteiger partial charge in [0.25, 0.3) is 0 Å². The van der Waals surface area contributed by atoms with Crippen molar-refractivity contribution in [2.75, 3.05) is 68.0 Å². The molecule has 2 aliphatic heterocycles. The average molecular weight is 494 g/mol. The van der Waals surface area contributed by atoms with Gasteiger partial charge in [-0.05, 0) is 32.9 Å². The molecule has 2 N–H and O–H groups in total. The fraction of sp³-hybridized carbons (Fsp3) is 0.500. The molecule has 2 aliphatic rings. The summed E-state index contributed by atoms with van der Waals surface area (Å²) < 4.78 is 11.0. The number of anilines is 3. The highest BCUT2D eigenvalue weighted by Gasteiger charge is 2.26. The number of nitrogens with zero attached hydrogens (tertiary/aromatic N) is 8. The summed E-state index contributed by atoms with van der Waals surface area (Å²) in [5.74, 6) is 1.66. The molecule has 190 valence electrons. The van der Waals surface area contributed by atoms with Gasteiger partial charge in [-0.1, -0.05) is 0 Å². The largest absolute Gasteiger partial charge is 0.444 e. The van der Waals surface area contributed by atoms with Crippen molar-refractivity contribution < 1.29 is 14.3 Å². The van der Waals surface area contributed by atoms with Crippen molar-refractivity contribution in [3.8, 4) is 11.3 Å². The molecular weight excluding hydrogens is 462 g/mol. The van der Waals surface area contributed by atoms with E-state index in [1.54, 1.807) is 17.3 Å². The molecule has 0 saturated carbocycles. The number of hydrogen-bond acceptors (Lipinski definition) is 11. The van der Waals surface area contributed by atoms with Crippen molar-refractivity contribution in [1.82, 2.24) is 29.8 Å². The summed E-state index contributed by atoms with van der Waals surface area (Å²) in [5.41, 5.74) is 8.08. The van der Waals surface area contributed by atoms with Gasteiger partial charge in [0, 0.05) is 51.0 Å². The molecule has 1 amide bonds. The molecule has 0 aliphatic carbocycles. The summed E-state index contributed by atoms with van der Waals surface area (Å²) in [4.78, 5) is 41.1. The number of morpholine rings is 1. The Bertz CT molecular complexity index is 1250. The van der Waals surface area contributed by atoms with Crippen molar-refractivity contribution in [2.24, 2.45) is 0 Å². The maximum atomic E-state index is 12.4. The highest BCUT2D eigenvalue weighted by molar-refractivity contribution is 5.86. The lowest BCUT2D eigenvalue weighted by atomic mass is 10.2. The van der Waals surface area contributed by atoms with Crippen molar-refractivity contribution >= 4 is 34.8 Å². The molecule has 5 heterocycles. The Balaban J connectivity index is 1.37. The monoisotopic (exact) mass is 493 g/mol. The predicted octanol–water partition coefficient (Wildman–Crippen LogP) is 1.96. The van der Waals surface area contributed by atoms with Gasteiger partial charge in [0.1, 0.15) is 11.4 Å². The van der Waals surface area contributed by atoms with Crippen LogP contribution in [0.5, 0.6) is 0 Å². The molecular formula is C24H31N9O3. The first kappa shape index (κ1) is 23.9. The van der Waals surface area contributed by atoms with Crippen LogP contribution in [-0.4, -0.2) is 94.0 Å². The lowest BCUT2D eigenvalue weighted by molar-refractivity contribution is 0.0240. The number of carbonyl (C=O) groups is 1. The van der Waals surface area contributed by atoms with E-state index in [0.717, 1.165) is 11.4 Å². The molecule has 2 saturated heterocycles. The van der Waals surface area contributed by atoms with Gasteiger partial charge < -0.3 is 29.9 Å². The first-order chi connectivity index (χ1) is 17.3. The number of ether oxygens (including phenoxy) is 2. The minimum absolute atomic E-state index is 0.169. The zero-order valence-electron chi connectivity index (χ0n) is 20.8. The van der Waals surface area contributed by atoms with Crippen LogP contribution in [0, 0.1) is 0 Å². The summed E-state index contributed by atoms with van der Waals surface area (Å²) in [6.45, 7) is 10.7. The second-order valence-corrected chi connectivity index (χ2v) is 9.79. The third-order valence-electron chi connectivity index (χ3n) is 6.01. The third-order valence-corrected chi connectivity index (χ3v) is 6.01. The van der Waals surface area contributed by atoms with Gasteiger partial charge in [-0.25, -0.2) is 19.7 Å². The first-order valence-electron chi connectivity index (χ1n) is 12.1. The van der Waals surface area contributed by atoms with Crippen LogP contribution < -0.4 is 15.5 Å². The molecule has 36 heavy (non-hydrogen) atoms. The minimum atomic E-state index is -0.511. The molecule has 12 nitrogen and oxygen atoms in total. The van der Waals surface area contributed by atoms with Crippen LogP contribution in [-0.2, 0) is 9.47 Å². The van der Waals surface area contributed by atoms with Gasteiger partial charge in [-0.15, -0.1) is 0 Å². The van der Waals surface area contributed by atoms with Crippen LogP contribution in [0.3, 0.4) is 0 Å². The molecule has 2 fully saturated rings. The Hall–Kier alpha value is -3.80. The highest BCUT2D eigenvalue weighted by atomic mass is 16.6. The molecule has 0 bridgehead atoms. The molecule has 3 aromatic rings. The highest BCUT2D eigenvalue weighted by Crippen LogP contribution is 2.27. The van der Waals surface area contributed by atoms with Gasteiger partial charge in [-0.2, -0.15) is 9.97 Å². The Morgan fingerprint density at radius 1 is 1.00 bits per heavy atom. The second-order valence-electron chi connectivity index (χ2n) is 9.79. The van der Waals surface area contributed by atoms with Gasteiger partial charge in [0.05, 0.1) is 25.1 Å². The number of amides is 1. The van der Waals surface area contributed by atoms with Crippen LogP contribution >= 0.6 is 0 Å². The topological polar surface area (TPSA) is 136 Å². The summed E-state index contributed by atoms with van der Waals surface area (Å²) >= 11 is 0. The number of nitrogens with two attached hydrogens (primary N) is 1. The number of piperazine rings is 1. The van der Waals surface area contributed by atoms with Gasteiger partial charge in [-0.3, -0.25) is 0 Å². The Morgan fingerprint density at radius 3 is 2.47 bits per heavy atom. The molecule has 0 spiro atoms. The van der Waals surface area contributed by atoms with Crippen LogP contribution in [0.4, 0.5) is 22.4 Å². The third kappa shape index (κ3) is 5.23. The lowest BCUT2D eigenvalue weighted by Gasteiger charge is -2.36. The molecule has 0 unspecified atom stereocenters. The summed E-state index contributed by atoms with van der Waals surface area (Å²) in [6, 6.07) is 3.90. The SMILES string of the molecule is CC(C)(C)OC(=O)N1CCN(c2cc(-c3cnc4nc(N)nc(N5CCOCC5)c4n3)ccn2)CC1. The fourth-order valence-corrected chi connectivity index (χ4v) is 4.24. The number of nitrogen functional groups attached to an aromatic ring is 1. The number of rotatable bonds is 3. The van der Waals surface area contributed by atoms with Gasteiger partial charge in [0.15, 0.2) is 17.0 Å². The zero-order valence-corrected chi connectivity index (χ0v) is 20.8. The fourth-order valence-electron chi connectivity index (χ4n) is 4.24. The van der Waals surface area contributed by atoms with Gasteiger partial charge >= 0.3 is 6.09 Å². The van der Waals surface area contributed by atoms with E-state index in [4.69, 9.17) is 20.2 Å². The summed E-state index contributed by atoms with van der Waals surface area (Å²) in [6.07, 6.45) is 3.17. The Kier molecular flexibility index (Phi) is 6.44. The predicted molar refractivity (Wildman–Crippen MR) is 136 cm³/mol. The number of aromatic nitrogens is 5. The maximum Gasteiger partial charge on any atom is 0.410 e. The minimum Gasteiger partial charge on any atom is -0.444 e. The lowest BCUT2D eigenvalue weighted by Crippen LogP contribution is -2.50. The van der Waals surface area contributed by atoms with E-state index in [1.807, 2.05) is 32.9 Å². The first-order valence-corrected chi connectivity index (χ1v) is 12.1. The molecule has 0 atom stereocenters. The summed E-state index contributed by atoms with van der Waals surface area (Å²) in [5, 5.41) is 0. The van der Waals surface area contributed by atoms with Gasteiger partial charge in [0.2, 0.25) is 5.95 Å². The van der Waals surface area contributed by atoms with E-state index in [2.05, 4.69) is 29.7 Å². The molecule has 0 aromatic carbocycles. The quantitative estimate of drug-likeness (QED) is 0.573. The normalized spacial score (nSPS) is 16.9. The molecule has 12 heteroatoms. The van der Waals surface area contributed by atoms with Crippen molar-refractivity contribution in [2.45, 2.75) is 26.4 Å². The number of carbonyl (C=O) groups excluding carboxylic acids is 1.